The number of sulfonamides is 1. The van der Waals surface area contributed by atoms with Crippen LogP contribution in [0.4, 0.5) is 4.39 Å². The van der Waals surface area contributed by atoms with Gasteiger partial charge in [-0.2, -0.15) is 5.26 Å². The predicted octanol–water partition coefficient (Wildman–Crippen LogP) is 2.62. The molecule has 0 atom stereocenters. The predicted molar refractivity (Wildman–Crippen MR) is 79.0 cm³/mol. The third-order valence-corrected chi connectivity index (χ3v) is 5.86. The second-order valence-electron chi connectivity index (χ2n) is 4.38. The van der Waals surface area contributed by atoms with Gasteiger partial charge in [0.15, 0.2) is 0 Å². The number of hydrogen-bond donors (Lipinski definition) is 0. The van der Waals surface area contributed by atoms with Crippen molar-refractivity contribution in [1.82, 2.24) is 4.31 Å². The molecule has 0 saturated heterocycles. The number of benzene rings is 1. The van der Waals surface area contributed by atoms with Crippen molar-refractivity contribution >= 4 is 21.4 Å². The molecular formula is C14H13FN2O2S2. The summed E-state index contributed by atoms with van der Waals surface area (Å²) in [5.41, 5.74) is -0.444. The molecular weight excluding hydrogens is 311 g/mol. The van der Waals surface area contributed by atoms with Gasteiger partial charge in [0.05, 0.1) is 0 Å². The summed E-state index contributed by atoms with van der Waals surface area (Å²) in [5.74, 6) is -0.828. The highest BCUT2D eigenvalue weighted by Gasteiger charge is 2.25. The zero-order chi connectivity index (χ0) is 15.5. The van der Waals surface area contributed by atoms with Crippen molar-refractivity contribution in [2.75, 3.05) is 13.6 Å². The highest BCUT2D eigenvalue weighted by molar-refractivity contribution is 7.89. The number of thiophene rings is 1. The Morgan fingerprint density at radius 1 is 1.33 bits per heavy atom. The number of hydrogen-bond acceptors (Lipinski definition) is 4. The lowest BCUT2D eigenvalue weighted by Crippen LogP contribution is -2.29. The lowest BCUT2D eigenvalue weighted by molar-refractivity contribution is 0.472. The summed E-state index contributed by atoms with van der Waals surface area (Å²) in [5, 5.41) is 10.9. The van der Waals surface area contributed by atoms with E-state index in [9.17, 15) is 12.8 Å². The zero-order valence-corrected chi connectivity index (χ0v) is 12.9. The van der Waals surface area contributed by atoms with Crippen molar-refractivity contribution < 1.29 is 12.8 Å². The van der Waals surface area contributed by atoms with Gasteiger partial charge in [-0.15, -0.1) is 11.3 Å². The van der Waals surface area contributed by atoms with Crippen LogP contribution in [0.2, 0.25) is 0 Å². The van der Waals surface area contributed by atoms with Crippen molar-refractivity contribution in [3.05, 3.63) is 52.0 Å². The minimum absolute atomic E-state index is 0.268. The van der Waals surface area contributed by atoms with Gasteiger partial charge in [-0.3, -0.25) is 0 Å². The van der Waals surface area contributed by atoms with E-state index in [-0.39, 0.29) is 11.4 Å². The molecule has 0 spiro atoms. The van der Waals surface area contributed by atoms with E-state index >= 15 is 0 Å². The highest BCUT2D eigenvalue weighted by Crippen LogP contribution is 2.21. The van der Waals surface area contributed by atoms with Crippen LogP contribution < -0.4 is 0 Å². The molecule has 1 heterocycles. The van der Waals surface area contributed by atoms with Crippen LogP contribution in [0.1, 0.15) is 10.4 Å². The Labute approximate surface area is 127 Å². The van der Waals surface area contributed by atoms with Crippen molar-refractivity contribution in [1.29, 1.82) is 5.26 Å². The Bertz CT molecular complexity index is 765. The quantitative estimate of drug-likeness (QED) is 0.849. The van der Waals surface area contributed by atoms with Gasteiger partial charge in [0, 0.05) is 18.5 Å². The van der Waals surface area contributed by atoms with Crippen LogP contribution in [0.5, 0.6) is 0 Å². The lowest BCUT2D eigenvalue weighted by Gasteiger charge is -2.17. The first kappa shape index (κ1) is 15.6. The van der Waals surface area contributed by atoms with Crippen molar-refractivity contribution in [2.24, 2.45) is 0 Å². The van der Waals surface area contributed by atoms with Gasteiger partial charge >= 0.3 is 0 Å². The number of nitrogens with zero attached hydrogens (tertiary/aromatic N) is 2. The van der Waals surface area contributed by atoms with E-state index in [4.69, 9.17) is 5.26 Å². The van der Waals surface area contributed by atoms with Gasteiger partial charge in [0.25, 0.3) is 0 Å². The highest BCUT2D eigenvalue weighted by atomic mass is 32.2. The summed E-state index contributed by atoms with van der Waals surface area (Å²) >= 11 is 1.55. The summed E-state index contributed by atoms with van der Waals surface area (Å²) in [6.45, 7) is 0.268. The molecule has 4 nitrogen and oxygen atoms in total. The van der Waals surface area contributed by atoms with E-state index in [0.29, 0.717) is 6.42 Å². The van der Waals surface area contributed by atoms with Crippen LogP contribution in [-0.4, -0.2) is 26.3 Å². The number of halogens is 1. The van der Waals surface area contributed by atoms with Gasteiger partial charge < -0.3 is 0 Å². The van der Waals surface area contributed by atoms with Crippen LogP contribution in [-0.2, 0) is 16.4 Å². The Kier molecular flexibility index (Phi) is 4.73. The molecule has 0 N–H and O–H groups in total. The number of rotatable bonds is 5. The molecule has 1 aromatic heterocycles. The fourth-order valence-electron chi connectivity index (χ4n) is 1.84. The van der Waals surface area contributed by atoms with Crippen molar-refractivity contribution in [3.8, 4) is 6.07 Å². The SMILES string of the molecule is CN(CCc1cccs1)S(=O)(=O)c1cccc(F)c1C#N. The molecule has 7 heteroatoms. The topological polar surface area (TPSA) is 61.2 Å². The van der Waals surface area contributed by atoms with Gasteiger partial charge in [-0.25, -0.2) is 17.1 Å². The molecule has 0 aliphatic heterocycles. The smallest absolute Gasteiger partial charge is 0.207 e. The monoisotopic (exact) mass is 324 g/mol. The largest absolute Gasteiger partial charge is 0.244 e. The van der Waals surface area contributed by atoms with E-state index in [1.54, 1.807) is 17.4 Å². The molecule has 0 saturated carbocycles. The molecule has 110 valence electrons. The van der Waals surface area contributed by atoms with Crippen LogP contribution in [0.25, 0.3) is 0 Å². The maximum absolute atomic E-state index is 13.5. The van der Waals surface area contributed by atoms with Gasteiger partial charge in [0.2, 0.25) is 10.0 Å². The van der Waals surface area contributed by atoms with Crippen LogP contribution in [0.15, 0.2) is 40.6 Å². The molecule has 0 amide bonds. The minimum atomic E-state index is -3.88. The average Bonchev–Trinajstić information content (AvgIpc) is 2.97. The number of likely N-dealkylation sites (N-methyl/N-ethyl adjacent to an activating group) is 1. The first-order valence-electron chi connectivity index (χ1n) is 6.14. The van der Waals surface area contributed by atoms with E-state index in [1.165, 1.54) is 19.2 Å². The van der Waals surface area contributed by atoms with Gasteiger partial charge in [-0.05, 0) is 30.0 Å². The third-order valence-electron chi connectivity index (χ3n) is 3.03. The molecule has 0 fully saturated rings. The van der Waals surface area contributed by atoms with E-state index in [0.717, 1.165) is 15.2 Å². The molecule has 2 aromatic rings. The molecule has 0 unspecified atom stereocenters. The Balaban J connectivity index is 2.25. The molecule has 21 heavy (non-hydrogen) atoms. The Morgan fingerprint density at radius 3 is 2.71 bits per heavy atom. The maximum Gasteiger partial charge on any atom is 0.244 e. The molecule has 0 bridgehead atoms. The van der Waals surface area contributed by atoms with Crippen molar-refractivity contribution in [2.45, 2.75) is 11.3 Å². The average molecular weight is 324 g/mol. The second-order valence-corrected chi connectivity index (χ2v) is 7.43. The van der Waals surface area contributed by atoms with E-state index in [1.807, 2.05) is 17.5 Å². The molecule has 1 aromatic carbocycles. The normalized spacial score (nSPS) is 11.5. The Hall–Kier alpha value is -1.75. The summed E-state index contributed by atoms with van der Waals surface area (Å²) in [7, 11) is -2.46. The Morgan fingerprint density at radius 2 is 2.10 bits per heavy atom. The summed E-state index contributed by atoms with van der Waals surface area (Å²) in [4.78, 5) is 0.774. The minimum Gasteiger partial charge on any atom is -0.207 e. The van der Waals surface area contributed by atoms with Gasteiger partial charge in [-0.1, -0.05) is 12.1 Å². The molecule has 2 rings (SSSR count). The lowest BCUT2D eigenvalue weighted by atomic mass is 10.2. The summed E-state index contributed by atoms with van der Waals surface area (Å²) in [6, 6.07) is 9.05. The summed E-state index contributed by atoms with van der Waals surface area (Å²) < 4.78 is 39.6. The number of nitriles is 1. The van der Waals surface area contributed by atoms with E-state index in [2.05, 4.69) is 0 Å². The third kappa shape index (κ3) is 3.29. The molecule has 0 aliphatic carbocycles. The molecule has 0 radical (unpaired) electrons. The fourth-order valence-corrected chi connectivity index (χ4v) is 3.86. The van der Waals surface area contributed by atoms with Crippen LogP contribution in [0.3, 0.4) is 0 Å². The van der Waals surface area contributed by atoms with Crippen LogP contribution >= 0.6 is 11.3 Å². The second kappa shape index (κ2) is 6.35. The first-order valence-corrected chi connectivity index (χ1v) is 8.46. The molecule has 0 aliphatic rings. The van der Waals surface area contributed by atoms with Crippen LogP contribution in [0, 0.1) is 17.1 Å². The van der Waals surface area contributed by atoms with E-state index < -0.39 is 21.4 Å². The summed E-state index contributed by atoms with van der Waals surface area (Å²) in [6.07, 6.45) is 0.574. The maximum atomic E-state index is 13.5. The van der Waals surface area contributed by atoms with Crippen molar-refractivity contribution in [3.63, 3.8) is 0 Å². The zero-order valence-electron chi connectivity index (χ0n) is 11.3. The van der Waals surface area contributed by atoms with Gasteiger partial charge in [0.1, 0.15) is 22.3 Å². The standard InChI is InChI=1S/C14H13FN2O2S2/c1-17(8-7-11-4-3-9-20-11)21(18,19)14-6-2-5-13(15)12(14)10-16/h2-6,9H,7-8H2,1H3. The first-order chi connectivity index (χ1) is 9.96. The fraction of sp³-hybridized carbons (Fsp3) is 0.214.